The lowest BCUT2D eigenvalue weighted by Crippen LogP contribution is -2.13. The molecule has 0 aliphatic rings. The number of anilines is 1. The molecule has 0 aliphatic carbocycles. The molecule has 0 saturated heterocycles. The third-order valence-corrected chi connectivity index (χ3v) is 4.09. The normalized spacial score (nSPS) is 10.5. The monoisotopic (exact) mass is 348 g/mol. The van der Waals surface area contributed by atoms with Gasteiger partial charge in [0.25, 0.3) is 5.91 Å². The average Bonchev–Trinajstić information content (AvgIpc) is 3.16. The average molecular weight is 348 g/mol. The third kappa shape index (κ3) is 4.06. The molecule has 0 spiro atoms. The van der Waals surface area contributed by atoms with Gasteiger partial charge < -0.3 is 9.84 Å². The zero-order valence-corrected chi connectivity index (χ0v) is 14.6. The van der Waals surface area contributed by atoms with Gasteiger partial charge in [0.2, 0.25) is 0 Å². The molecule has 3 aromatic rings. The van der Waals surface area contributed by atoms with E-state index in [2.05, 4.69) is 17.4 Å². The molecule has 5 heteroatoms. The number of unbranched alkanes of at least 4 members (excludes halogenated alkanes) is 1. The van der Waals surface area contributed by atoms with Crippen molar-refractivity contribution in [2.75, 3.05) is 5.32 Å². The van der Waals surface area contributed by atoms with Crippen LogP contribution in [0.25, 0.3) is 0 Å². The molecule has 1 heterocycles. The summed E-state index contributed by atoms with van der Waals surface area (Å²) in [7, 11) is 0. The Morgan fingerprint density at radius 2 is 1.69 bits per heavy atom. The fraction of sp³-hybridized carbons (Fsp3) is 0.190. The van der Waals surface area contributed by atoms with Crippen molar-refractivity contribution in [1.82, 2.24) is 5.16 Å². The van der Waals surface area contributed by atoms with Crippen LogP contribution < -0.4 is 5.32 Å². The van der Waals surface area contributed by atoms with Crippen LogP contribution in [-0.2, 0) is 6.42 Å². The first-order valence-corrected chi connectivity index (χ1v) is 8.63. The molecule has 0 unspecified atom stereocenters. The minimum Gasteiger partial charge on any atom is -0.361 e. The number of carbonyl (C=O) groups excluding carboxylic acids is 2. The molecule has 132 valence electrons. The number of ketones is 1. The Bertz CT molecular complexity index is 883. The van der Waals surface area contributed by atoms with Gasteiger partial charge in [-0.2, -0.15) is 0 Å². The lowest BCUT2D eigenvalue weighted by Gasteiger charge is -2.06. The number of aryl methyl sites for hydroxylation is 1. The second-order valence-electron chi connectivity index (χ2n) is 5.99. The number of nitrogens with one attached hydrogen (secondary N) is 1. The molecule has 1 N–H and O–H groups in total. The van der Waals surface area contributed by atoms with Gasteiger partial charge in [0.15, 0.2) is 5.78 Å². The van der Waals surface area contributed by atoms with Crippen molar-refractivity contribution in [2.24, 2.45) is 0 Å². The van der Waals surface area contributed by atoms with E-state index in [9.17, 15) is 9.59 Å². The lowest BCUT2D eigenvalue weighted by atomic mass is 10.0. The highest BCUT2D eigenvalue weighted by atomic mass is 16.5. The number of benzene rings is 2. The van der Waals surface area contributed by atoms with Crippen LogP contribution in [0.15, 0.2) is 65.3 Å². The molecule has 0 atom stereocenters. The van der Waals surface area contributed by atoms with Gasteiger partial charge >= 0.3 is 0 Å². The maximum atomic E-state index is 12.4. The Kier molecular flexibility index (Phi) is 5.59. The highest BCUT2D eigenvalue weighted by Gasteiger charge is 2.16. The van der Waals surface area contributed by atoms with Crippen LogP contribution in [0.4, 0.5) is 5.69 Å². The SMILES string of the molecule is CCCCc1oncc1C(=O)Nc1ccc(C(=O)c2ccccc2)cc1. The van der Waals surface area contributed by atoms with E-state index in [-0.39, 0.29) is 11.7 Å². The molecular weight excluding hydrogens is 328 g/mol. The van der Waals surface area contributed by atoms with Gasteiger partial charge in [0.05, 0.1) is 6.20 Å². The van der Waals surface area contributed by atoms with Crippen molar-refractivity contribution < 1.29 is 14.1 Å². The van der Waals surface area contributed by atoms with Gasteiger partial charge in [-0.25, -0.2) is 0 Å². The summed E-state index contributed by atoms with van der Waals surface area (Å²) in [5.74, 6) is 0.282. The number of aromatic nitrogens is 1. The lowest BCUT2D eigenvalue weighted by molar-refractivity contribution is 0.102. The van der Waals surface area contributed by atoms with Gasteiger partial charge in [-0.05, 0) is 30.7 Å². The van der Waals surface area contributed by atoms with E-state index in [0.29, 0.717) is 34.6 Å². The van der Waals surface area contributed by atoms with Crippen LogP contribution >= 0.6 is 0 Å². The van der Waals surface area contributed by atoms with Gasteiger partial charge in [0.1, 0.15) is 11.3 Å². The number of nitrogens with zero attached hydrogens (tertiary/aromatic N) is 1. The summed E-state index contributed by atoms with van der Waals surface area (Å²) in [4.78, 5) is 24.8. The second-order valence-corrected chi connectivity index (χ2v) is 5.99. The van der Waals surface area contributed by atoms with Gasteiger partial charge in [-0.3, -0.25) is 9.59 Å². The van der Waals surface area contributed by atoms with Gasteiger partial charge in [-0.1, -0.05) is 48.8 Å². The van der Waals surface area contributed by atoms with Crippen LogP contribution in [0.1, 0.15) is 51.8 Å². The predicted molar refractivity (Wildman–Crippen MR) is 99.4 cm³/mol. The highest BCUT2D eigenvalue weighted by Crippen LogP contribution is 2.17. The summed E-state index contributed by atoms with van der Waals surface area (Å²) in [6, 6.07) is 15.9. The number of hydrogen-bond donors (Lipinski definition) is 1. The van der Waals surface area contributed by atoms with E-state index in [4.69, 9.17) is 4.52 Å². The maximum absolute atomic E-state index is 12.4. The van der Waals surface area contributed by atoms with E-state index in [1.807, 2.05) is 18.2 Å². The summed E-state index contributed by atoms with van der Waals surface area (Å²) < 4.78 is 5.17. The molecule has 1 amide bonds. The number of carbonyl (C=O) groups is 2. The Hall–Kier alpha value is -3.21. The minimum absolute atomic E-state index is 0.0515. The van der Waals surface area contributed by atoms with E-state index < -0.39 is 0 Å². The molecule has 0 aliphatic heterocycles. The Balaban J connectivity index is 1.69. The standard InChI is InChI=1S/C21H20N2O3/c1-2-3-9-19-18(14-22-26-19)21(25)23-17-12-10-16(11-13-17)20(24)15-7-5-4-6-8-15/h4-8,10-14H,2-3,9H2,1H3,(H,23,25). The van der Waals surface area contributed by atoms with E-state index in [1.54, 1.807) is 36.4 Å². The van der Waals surface area contributed by atoms with Crippen LogP contribution in [0.2, 0.25) is 0 Å². The zero-order valence-electron chi connectivity index (χ0n) is 14.6. The molecule has 0 bridgehead atoms. The maximum Gasteiger partial charge on any atom is 0.260 e. The van der Waals surface area contributed by atoms with Crippen molar-refractivity contribution in [1.29, 1.82) is 0 Å². The summed E-state index contributed by atoms with van der Waals surface area (Å²) in [5, 5.41) is 6.54. The summed E-state index contributed by atoms with van der Waals surface area (Å²) in [5.41, 5.74) is 2.27. The van der Waals surface area contributed by atoms with E-state index in [0.717, 1.165) is 12.8 Å². The van der Waals surface area contributed by atoms with Crippen molar-refractivity contribution in [3.8, 4) is 0 Å². The molecule has 2 aromatic carbocycles. The Morgan fingerprint density at radius 1 is 1.00 bits per heavy atom. The zero-order chi connectivity index (χ0) is 18.4. The summed E-state index contributed by atoms with van der Waals surface area (Å²) in [6.07, 6.45) is 4.07. The van der Waals surface area contributed by atoms with Gasteiger partial charge in [0, 0.05) is 23.2 Å². The van der Waals surface area contributed by atoms with Crippen molar-refractivity contribution in [2.45, 2.75) is 26.2 Å². The molecule has 3 rings (SSSR count). The highest BCUT2D eigenvalue weighted by molar-refractivity contribution is 6.09. The largest absolute Gasteiger partial charge is 0.361 e. The summed E-state index contributed by atoms with van der Waals surface area (Å²) in [6.45, 7) is 2.08. The first-order valence-electron chi connectivity index (χ1n) is 8.63. The first kappa shape index (κ1) is 17.6. The van der Waals surface area contributed by atoms with Crippen LogP contribution in [0.5, 0.6) is 0 Å². The van der Waals surface area contributed by atoms with Crippen molar-refractivity contribution in [3.63, 3.8) is 0 Å². The Labute approximate surface area is 152 Å². The molecule has 26 heavy (non-hydrogen) atoms. The number of hydrogen-bond acceptors (Lipinski definition) is 4. The van der Waals surface area contributed by atoms with E-state index in [1.165, 1.54) is 6.20 Å². The van der Waals surface area contributed by atoms with Crippen LogP contribution in [0.3, 0.4) is 0 Å². The number of amides is 1. The van der Waals surface area contributed by atoms with E-state index >= 15 is 0 Å². The fourth-order valence-electron chi connectivity index (χ4n) is 2.63. The van der Waals surface area contributed by atoms with Crippen molar-refractivity contribution in [3.05, 3.63) is 83.2 Å². The molecule has 0 saturated carbocycles. The molecule has 0 radical (unpaired) electrons. The molecule has 1 aromatic heterocycles. The van der Waals surface area contributed by atoms with Gasteiger partial charge in [-0.15, -0.1) is 0 Å². The first-order chi connectivity index (χ1) is 12.7. The molecular formula is C21H20N2O3. The minimum atomic E-state index is -0.264. The molecule has 5 nitrogen and oxygen atoms in total. The number of rotatable bonds is 7. The van der Waals surface area contributed by atoms with Crippen LogP contribution in [-0.4, -0.2) is 16.8 Å². The smallest absolute Gasteiger partial charge is 0.260 e. The quantitative estimate of drug-likeness (QED) is 0.638. The fourth-order valence-corrected chi connectivity index (χ4v) is 2.63. The van der Waals surface area contributed by atoms with Crippen molar-refractivity contribution >= 4 is 17.4 Å². The predicted octanol–water partition coefficient (Wildman–Crippen LogP) is 4.50. The van der Waals surface area contributed by atoms with Crippen LogP contribution in [0, 0.1) is 0 Å². The molecule has 0 fully saturated rings. The third-order valence-electron chi connectivity index (χ3n) is 4.09. The summed E-state index contributed by atoms with van der Waals surface area (Å²) >= 11 is 0. The Morgan fingerprint density at radius 3 is 2.38 bits per heavy atom. The topological polar surface area (TPSA) is 72.2 Å². The second kappa shape index (κ2) is 8.25.